The van der Waals surface area contributed by atoms with Crippen molar-refractivity contribution in [2.24, 2.45) is 0 Å². The van der Waals surface area contributed by atoms with E-state index in [0.29, 0.717) is 35.0 Å². The summed E-state index contributed by atoms with van der Waals surface area (Å²) in [4.78, 5) is 18.7. The van der Waals surface area contributed by atoms with Crippen molar-refractivity contribution in [1.29, 1.82) is 0 Å². The zero-order valence-corrected chi connectivity index (χ0v) is 12.1. The predicted octanol–water partition coefficient (Wildman–Crippen LogP) is 1.28. The number of aromatic amines is 2. The number of hydrogen-bond acceptors (Lipinski definition) is 6. The molecule has 0 bridgehead atoms. The van der Waals surface area contributed by atoms with Gasteiger partial charge in [0.1, 0.15) is 5.39 Å². The summed E-state index contributed by atoms with van der Waals surface area (Å²) >= 11 is 0. The lowest BCUT2D eigenvalue weighted by molar-refractivity contribution is 0.354. The van der Waals surface area contributed by atoms with Crippen molar-refractivity contribution in [2.75, 3.05) is 19.5 Å². The highest BCUT2D eigenvalue weighted by atomic mass is 16.5. The Labute approximate surface area is 125 Å². The van der Waals surface area contributed by atoms with E-state index in [1.54, 1.807) is 14.2 Å². The molecule has 2 heterocycles. The van der Waals surface area contributed by atoms with Gasteiger partial charge in [-0.2, -0.15) is 10.1 Å². The maximum Gasteiger partial charge on any atom is 0.263 e. The third-order valence-corrected chi connectivity index (χ3v) is 3.23. The van der Waals surface area contributed by atoms with Crippen molar-refractivity contribution in [3.63, 3.8) is 0 Å². The van der Waals surface area contributed by atoms with Crippen molar-refractivity contribution in [3.8, 4) is 11.5 Å². The summed E-state index contributed by atoms with van der Waals surface area (Å²) < 4.78 is 10.4. The van der Waals surface area contributed by atoms with E-state index in [9.17, 15) is 4.79 Å². The van der Waals surface area contributed by atoms with Crippen molar-refractivity contribution in [3.05, 3.63) is 40.3 Å². The molecule has 1 aromatic carbocycles. The topological polar surface area (TPSA) is 105 Å². The van der Waals surface area contributed by atoms with Gasteiger partial charge in [0.15, 0.2) is 17.1 Å². The first-order valence-corrected chi connectivity index (χ1v) is 6.59. The largest absolute Gasteiger partial charge is 0.493 e. The van der Waals surface area contributed by atoms with Crippen LogP contribution in [0.15, 0.2) is 29.2 Å². The van der Waals surface area contributed by atoms with E-state index >= 15 is 0 Å². The molecule has 0 aliphatic carbocycles. The Kier molecular flexibility index (Phi) is 3.65. The number of rotatable bonds is 5. The van der Waals surface area contributed by atoms with Crippen LogP contribution in [0.5, 0.6) is 11.5 Å². The molecule has 22 heavy (non-hydrogen) atoms. The molecule has 0 aliphatic heterocycles. The van der Waals surface area contributed by atoms with Crippen LogP contribution in [0, 0.1) is 0 Å². The minimum Gasteiger partial charge on any atom is -0.493 e. The zero-order valence-electron chi connectivity index (χ0n) is 12.1. The lowest BCUT2D eigenvalue weighted by Crippen LogP contribution is -2.12. The molecule has 0 amide bonds. The van der Waals surface area contributed by atoms with E-state index < -0.39 is 0 Å². The Bertz CT molecular complexity index is 855. The summed E-state index contributed by atoms with van der Waals surface area (Å²) in [6.07, 6.45) is 1.44. The number of nitrogens with one attached hydrogen (secondary N) is 3. The number of fused-ring (bicyclic) bond motifs is 1. The van der Waals surface area contributed by atoms with Crippen molar-refractivity contribution in [1.82, 2.24) is 20.2 Å². The number of methoxy groups -OCH3 is 2. The van der Waals surface area contributed by atoms with Crippen LogP contribution in [0.25, 0.3) is 11.0 Å². The monoisotopic (exact) mass is 301 g/mol. The van der Waals surface area contributed by atoms with Crippen LogP contribution in [0.2, 0.25) is 0 Å². The number of aromatic nitrogens is 4. The highest BCUT2D eigenvalue weighted by Crippen LogP contribution is 2.27. The van der Waals surface area contributed by atoms with Gasteiger partial charge in [-0.05, 0) is 17.7 Å². The lowest BCUT2D eigenvalue weighted by Gasteiger charge is -2.10. The number of H-pyrrole nitrogens is 2. The quantitative estimate of drug-likeness (QED) is 0.655. The van der Waals surface area contributed by atoms with Gasteiger partial charge in [-0.3, -0.25) is 14.9 Å². The SMILES string of the molecule is COc1ccc(CNc2nc3[nH]ncc3c(=O)[nH]2)cc1OC. The minimum absolute atomic E-state index is 0.242. The minimum atomic E-state index is -0.242. The standard InChI is InChI=1S/C14H15N5O3/c1-21-10-4-3-8(5-11(10)22-2)6-15-14-17-12-9(7-16-19-12)13(20)18-14/h3-5,7H,6H2,1-2H3,(H3,15,16,17,18,19,20). The van der Waals surface area contributed by atoms with E-state index in [-0.39, 0.29) is 5.56 Å². The molecular weight excluding hydrogens is 286 g/mol. The Hall–Kier alpha value is -3.03. The molecule has 0 saturated heterocycles. The van der Waals surface area contributed by atoms with Gasteiger partial charge in [-0.25, -0.2) is 0 Å². The normalized spacial score (nSPS) is 10.6. The van der Waals surface area contributed by atoms with Gasteiger partial charge in [0.25, 0.3) is 5.56 Å². The molecule has 3 aromatic rings. The highest BCUT2D eigenvalue weighted by Gasteiger charge is 2.07. The summed E-state index contributed by atoms with van der Waals surface area (Å²) in [5.74, 6) is 1.68. The number of nitrogens with zero attached hydrogens (tertiary/aromatic N) is 2. The number of ether oxygens (including phenoxy) is 2. The van der Waals surface area contributed by atoms with Crippen LogP contribution >= 0.6 is 0 Å². The second kappa shape index (κ2) is 5.76. The third-order valence-electron chi connectivity index (χ3n) is 3.23. The number of hydrogen-bond donors (Lipinski definition) is 3. The first-order chi connectivity index (χ1) is 10.7. The van der Waals surface area contributed by atoms with Crippen LogP contribution in [0.3, 0.4) is 0 Å². The molecule has 8 nitrogen and oxygen atoms in total. The first kappa shape index (κ1) is 13.9. The average Bonchev–Trinajstić information content (AvgIpc) is 3.01. The first-order valence-electron chi connectivity index (χ1n) is 6.59. The van der Waals surface area contributed by atoms with E-state index in [2.05, 4.69) is 25.5 Å². The van der Waals surface area contributed by atoms with Crippen molar-refractivity contribution in [2.45, 2.75) is 6.54 Å². The van der Waals surface area contributed by atoms with Gasteiger partial charge in [0.2, 0.25) is 5.95 Å². The Morgan fingerprint density at radius 3 is 2.82 bits per heavy atom. The van der Waals surface area contributed by atoms with Crippen LogP contribution in [-0.4, -0.2) is 34.4 Å². The summed E-state index contributed by atoms with van der Waals surface area (Å²) in [5, 5.41) is 9.96. The van der Waals surface area contributed by atoms with E-state index in [4.69, 9.17) is 9.47 Å². The van der Waals surface area contributed by atoms with Gasteiger partial charge >= 0.3 is 0 Å². The summed E-state index contributed by atoms with van der Waals surface area (Å²) in [7, 11) is 3.17. The molecule has 8 heteroatoms. The molecule has 0 aliphatic rings. The molecule has 0 spiro atoms. The molecular formula is C14H15N5O3. The van der Waals surface area contributed by atoms with Crippen LogP contribution in [0.4, 0.5) is 5.95 Å². The molecule has 114 valence electrons. The molecule has 0 atom stereocenters. The maximum atomic E-state index is 11.8. The molecule has 0 fully saturated rings. The van der Waals surface area contributed by atoms with Gasteiger partial charge < -0.3 is 14.8 Å². The average molecular weight is 301 g/mol. The molecule has 3 rings (SSSR count). The second-order valence-electron chi connectivity index (χ2n) is 4.59. The fraction of sp³-hybridized carbons (Fsp3) is 0.214. The number of benzene rings is 1. The van der Waals surface area contributed by atoms with E-state index in [1.165, 1.54) is 6.20 Å². The fourth-order valence-corrected chi connectivity index (χ4v) is 2.11. The van der Waals surface area contributed by atoms with Gasteiger partial charge in [-0.15, -0.1) is 0 Å². The Morgan fingerprint density at radius 2 is 2.05 bits per heavy atom. The van der Waals surface area contributed by atoms with Gasteiger partial charge in [0, 0.05) is 6.54 Å². The smallest absolute Gasteiger partial charge is 0.263 e. The highest BCUT2D eigenvalue weighted by molar-refractivity contribution is 5.73. The Morgan fingerprint density at radius 1 is 1.23 bits per heavy atom. The summed E-state index contributed by atoms with van der Waals surface area (Å²) in [6, 6.07) is 5.59. The lowest BCUT2D eigenvalue weighted by atomic mass is 10.2. The fourth-order valence-electron chi connectivity index (χ4n) is 2.11. The molecule has 3 N–H and O–H groups in total. The zero-order chi connectivity index (χ0) is 15.5. The van der Waals surface area contributed by atoms with Gasteiger partial charge in [-0.1, -0.05) is 6.07 Å². The van der Waals surface area contributed by atoms with Crippen molar-refractivity contribution < 1.29 is 9.47 Å². The number of anilines is 1. The van der Waals surface area contributed by atoms with Crippen LogP contribution in [0.1, 0.15) is 5.56 Å². The second-order valence-corrected chi connectivity index (χ2v) is 4.59. The Balaban J connectivity index is 1.80. The summed E-state index contributed by atoms with van der Waals surface area (Å²) in [5.41, 5.74) is 1.16. The van der Waals surface area contributed by atoms with E-state index in [0.717, 1.165) is 5.56 Å². The maximum absolute atomic E-state index is 11.8. The molecule has 0 radical (unpaired) electrons. The molecule has 0 saturated carbocycles. The van der Waals surface area contributed by atoms with Gasteiger partial charge in [0.05, 0.1) is 20.4 Å². The van der Waals surface area contributed by atoms with E-state index in [1.807, 2.05) is 18.2 Å². The molecule has 0 unspecified atom stereocenters. The van der Waals surface area contributed by atoms with Crippen molar-refractivity contribution >= 4 is 17.0 Å². The van der Waals surface area contributed by atoms with Crippen LogP contribution < -0.4 is 20.3 Å². The summed E-state index contributed by atoms with van der Waals surface area (Å²) in [6.45, 7) is 0.475. The molecule has 2 aromatic heterocycles. The van der Waals surface area contributed by atoms with Crippen LogP contribution in [-0.2, 0) is 6.54 Å². The predicted molar refractivity (Wildman–Crippen MR) is 81.4 cm³/mol. The third kappa shape index (κ3) is 2.58.